The van der Waals surface area contributed by atoms with E-state index >= 15 is 0 Å². The zero-order valence-corrected chi connectivity index (χ0v) is 11.7. The predicted molar refractivity (Wildman–Crippen MR) is 74.7 cm³/mol. The lowest BCUT2D eigenvalue weighted by Crippen LogP contribution is -2.43. The Hall–Kier alpha value is -0.870. The van der Waals surface area contributed by atoms with E-state index in [-0.39, 0.29) is 5.60 Å². The highest BCUT2D eigenvalue weighted by atomic mass is 32.2. The van der Waals surface area contributed by atoms with Crippen LogP contribution in [0.2, 0.25) is 0 Å². The monoisotopic (exact) mass is 265 g/mol. The van der Waals surface area contributed by atoms with Gasteiger partial charge in [-0.25, -0.2) is 0 Å². The number of nitrogens with one attached hydrogen (secondary N) is 1. The van der Waals surface area contributed by atoms with E-state index in [0.29, 0.717) is 6.04 Å². The minimum Gasteiger partial charge on any atom is -0.497 e. The van der Waals surface area contributed by atoms with Crippen molar-refractivity contribution in [1.82, 2.24) is 5.32 Å². The van der Waals surface area contributed by atoms with Gasteiger partial charge in [0.2, 0.25) is 0 Å². The smallest absolute Gasteiger partial charge is 0.128 e. The number of thioether (sulfide) groups is 1. The Labute approximate surface area is 112 Å². The average molecular weight is 265 g/mol. The van der Waals surface area contributed by atoms with E-state index in [2.05, 4.69) is 11.4 Å². The molecule has 18 heavy (non-hydrogen) atoms. The van der Waals surface area contributed by atoms with Crippen molar-refractivity contribution >= 4 is 11.8 Å². The van der Waals surface area contributed by atoms with E-state index in [1.54, 1.807) is 7.11 Å². The first-order valence-electron chi connectivity index (χ1n) is 6.38. The van der Waals surface area contributed by atoms with Crippen LogP contribution in [0, 0.1) is 0 Å². The van der Waals surface area contributed by atoms with Crippen molar-refractivity contribution in [3.8, 4) is 11.5 Å². The van der Waals surface area contributed by atoms with Gasteiger partial charge in [-0.05, 0) is 25.3 Å². The van der Waals surface area contributed by atoms with Gasteiger partial charge < -0.3 is 14.8 Å². The highest BCUT2D eigenvalue weighted by molar-refractivity contribution is 7.99. The SMILES string of the molecule is CNC1CC2(CCSC2)Oc2cc(OC)ccc21. The Balaban J connectivity index is 1.98. The molecule has 2 aliphatic rings. The maximum atomic E-state index is 6.31. The van der Waals surface area contributed by atoms with E-state index in [4.69, 9.17) is 9.47 Å². The zero-order valence-electron chi connectivity index (χ0n) is 10.9. The van der Waals surface area contributed by atoms with Crippen LogP contribution in [-0.4, -0.2) is 31.3 Å². The molecule has 4 heteroatoms. The largest absolute Gasteiger partial charge is 0.497 e. The first-order valence-corrected chi connectivity index (χ1v) is 7.54. The quantitative estimate of drug-likeness (QED) is 0.890. The van der Waals surface area contributed by atoms with Gasteiger partial charge in [0, 0.05) is 29.8 Å². The summed E-state index contributed by atoms with van der Waals surface area (Å²) >= 11 is 1.99. The van der Waals surface area contributed by atoms with Crippen LogP contribution >= 0.6 is 11.8 Å². The van der Waals surface area contributed by atoms with Crippen LogP contribution in [0.25, 0.3) is 0 Å². The van der Waals surface area contributed by atoms with Crippen molar-refractivity contribution in [2.75, 3.05) is 25.7 Å². The zero-order chi connectivity index (χ0) is 12.6. The summed E-state index contributed by atoms with van der Waals surface area (Å²) in [6.07, 6.45) is 2.21. The van der Waals surface area contributed by atoms with E-state index in [9.17, 15) is 0 Å². The molecule has 1 N–H and O–H groups in total. The molecular formula is C14H19NO2S. The molecule has 1 aromatic carbocycles. The fourth-order valence-electron chi connectivity index (χ4n) is 2.86. The maximum Gasteiger partial charge on any atom is 0.128 e. The Morgan fingerprint density at radius 2 is 2.39 bits per heavy atom. The van der Waals surface area contributed by atoms with Crippen LogP contribution in [-0.2, 0) is 0 Å². The lowest BCUT2D eigenvalue weighted by Gasteiger charge is -2.39. The Morgan fingerprint density at radius 1 is 1.50 bits per heavy atom. The maximum absolute atomic E-state index is 6.31. The number of hydrogen-bond donors (Lipinski definition) is 1. The molecule has 3 rings (SSSR count). The summed E-state index contributed by atoms with van der Waals surface area (Å²) in [5.74, 6) is 4.16. The summed E-state index contributed by atoms with van der Waals surface area (Å²) in [5, 5.41) is 3.42. The molecule has 0 amide bonds. The standard InChI is InChI=1S/C14H19NO2S/c1-15-12-8-14(5-6-18-9-14)17-13-7-10(16-2)3-4-11(12)13/h3-4,7,12,15H,5-6,8-9H2,1-2H3. The lowest BCUT2D eigenvalue weighted by molar-refractivity contribution is 0.0562. The summed E-state index contributed by atoms with van der Waals surface area (Å²) < 4.78 is 11.6. The Bertz CT molecular complexity index is 443. The number of benzene rings is 1. The molecule has 2 aliphatic heterocycles. The third kappa shape index (κ3) is 1.97. The summed E-state index contributed by atoms with van der Waals surface area (Å²) in [5.41, 5.74) is 1.28. The molecule has 0 saturated carbocycles. The predicted octanol–water partition coefficient (Wildman–Crippen LogP) is 2.61. The molecule has 0 bridgehead atoms. The van der Waals surface area contributed by atoms with Gasteiger partial charge in [0.05, 0.1) is 7.11 Å². The van der Waals surface area contributed by atoms with Gasteiger partial charge in [0.1, 0.15) is 17.1 Å². The summed E-state index contributed by atoms with van der Waals surface area (Å²) in [4.78, 5) is 0. The van der Waals surface area contributed by atoms with Crippen LogP contribution in [0.3, 0.4) is 0 Å². The summed E-state index contributed by atoms with van der Waals surface area (Å²) in [6, 6.07) is 6.53. The highest BCUT2D eigenvalue weighted by Crippen LogP contribution is 2.46. The molecule has 0 aliphatic carbocycles. The van der Waals surface area contributed by atoms with Gasteiger partial charge >= 0.3 is 0 Å². The van der Waals surface area contributed by atoms with E-state index in [0.717, 1.165) is 30.1 Å². The molecule has 1 saturated heterocycles. The van der Waals surface area contributed by atoms with E-state index in [1.165, 1.54) is 11.3 Å². The highest BCUT2D eigenvalue weighted by Gasteiger charge is 2.43. The molecule has 2 unspecified atom stereocenters. The number of rotatable bonds is 2. The van der Waals surface area contributed by atoms with Crippen LogP contribution in [0.4, 0.5) is 0 Å². The Kier molecular flexibility index (Phi) is 3.16. The van der Waals surface area contributed by atoms with Crippen molar-refractivity contribution in [2.24, 2.45) is 0 Å². The Morgan fingerprint density at radius 3 is 3.06 bits per heavy atom. The molecule has 3 nitrogen and oxygen atoms in total. The number of ether oxygens (including phenoxy) is 2. The van der Waals surface area contributed by atoms with Gasteiger partial charge in [-0.15, -0.1) is 0 Å². The number of methoxy groups -OCH3 is 1. The summed E-state index contributed by atoms with van der Waals surface area (Å²) in [7, 11) is 3.72. The molecule has 1 aromatic rings. The molecule has 0 radical (unpaired) electrons. The molecule has 0 aromatic heterocycles. The topological polar surface area (TPSA) is 30.5 Å². The minimum absolute atomic E-state index is 0.0255. The third-order valence-corrected chi connectivity index (χ3v) is 5.14. The second-order valence-corrected chi connectivity index (χ2v) is 6.14. The van der Waals surface area contributed by atoms with Crippen LogP contribution in [0.15, 0.2) is 18.2 Å². The van der Waals surface area contributed by atoms with E-state index in [1.807, 2.05) is 30.9 Å². The molecule has 98 valence electrons. The van der Waals surface area contributed by atoms with Gasteiger partial charge in [-0.3, -0.25) is 0 Å². The average Bonchev–Trinajstić information content (AvgIpc) is 2.84. The van der Waals surface area contributed by atoms with Gasteiger partial charge in [-0.2, -0.15) is 11.8 Å². The number of fused-ring (bicyclic) bond motifs is 1. The third-order valence-electron chi connectivity index (χ3n) is 3.91. The molecule has 2 atom stereocenters. The summed E-state index contributed by atoms with van der Waals surface area (Å²) in [6.45, 7) is 0. The van der Waals surface area contributed by atoms with Crippen LogP contribution in [0.5, 0.6) is 11.5 Å². The van der Waals surface area contributed by atoms with Crippen molar-refractivity contribution in [3.63, 3.8) is 0 Å². The first kappa shape index (κ1) is 12.2. The van der Waals surface area contributed by atoms with Gasteiger partial charge in [-0.1, -0.05) is 6.07 Å². The molecule has 2 heterocycles. The van der Waals surface area contributed by atoms with Crippen molar-refractivity contribution in [1.29, 1.82) is 0 Å². The first-order chi connectivity index (χ1) is 8.76. The minimum atomic E-state index is 0.0255. The van der Waals surface area contributed by atoms with Crippen LogP contribution in [0.1, 0.15) is 24.4 Å². The van der Waals surface area contributed by atoms with Crippen molar-refractivity contribution < 1.29 is 9.47 Å². The lowest BCUT2D eigenvalue weighted by atomic mass is 9.87. The van der Waals surface area contributed by atoms with Gasteiger partial charge in [0.25, 0.3) is 0 Å². The second kappa shape index (κ2) is 4.67. The van der Waals surface area contributed by atoms with Crippen molar-refractivity contribution in [3.05, 3.63) is 23.8 Å². The van der Waals surface area contributed by atoms with Crippen molar-refractivity contribution in [2.45, 2.75) is 24.5 Å². The second-order valence-electron chi connectivity index (χ2n) is 5.04. The number of hydrogen-bond acceptors (Lipinski definition) is 4. The molecular weight excluding hydrogens is 246 g/mol. The van der Waals surface area contributed by atoms with Gasteiger partial charge in [0.15, 0.2) is 0 Å². The molecule has 1 spiro atoms. The fourth-order valence-corrected chi connectivity index (χ4v) is 4.22. The molecule has 1 fully saturated rings. The van der Waals surface area contributed by atoms with E-state index < -0.39 is 0 Å². The normalized spacial score (nSPS) is 30.0. The fraction of sp³-hybridized carbons (Fsp3) is 0.571. The van der Waals surface area contributed by atoms with Crippen LogP contribution < -0.4 is 14.8 Å².